The van der Waals surface area contributed by atoms with E-state index in [1.807, 2.05) is 6.07 Å². The fraction of sp³-hybridized carbons (Fsp3) is 0.312. The van der Waals surface area contributed by atoms with E-state index in [1.165, 1.54) is 12.1 Å². The lowest BCUT2D eigenvalue weighted by atomic mass is 10.1. The number of aromatic nitrogens is 1. The molecule has 1 fully saturated rings. The average molecular weight is 299 g/mol. The van der Waals surface area contributed by atoms with E-state index in [0.29, 0.717) is 0 Å². The molecule has 0 atom stereocenters. The summed E-state index contributed by atoms with van der Waals surface area (Å²) in [6.07, 6.45) is 4.13. The van der Waals surface area contributed by atoms with E-state index in [9.17, 15) is 14.9 Å². The van der Waals surface area contributed by atoms with Crippen LogP contribution in [0.5, 0.6) is 0 Å². The van der Waals surface area contributed by atoms with E-state index in [4.69, 9.17) is 5.73 Å². The van der Waals surface area contributed by atoms with Gasteiger partial charge in [-0.1, -0.05) is 12.8 Å². The number of rotatable bonds is 3. The summed E-state index contributed by atoms with van der Waals surface area (Å²) >= 11 is 0. The second kappa shape index (κ2) is 5.63. The van der Waals surface area contributed by atoms with Crippen molar-refractivity contribution >= 4 is 11.4 Å². The Kier molecular flexibility index (Phi) is 3.66. The molecule has 1 saturated carbocycles. The van der Waals surface area contributed by atoms with Crippen molar-refractivity contribution in [2.75, 3.05) is 5.73 Å². The van der Waals surface area contributed by atoms with Crippen molar-refractivity contribution in [1.29, 1.82) is 0 Å². The zero-order chi connectivity index (χ0) is 15.7. The maximum Gasteiger partial charge on any atom is 0.274 e. The van der Waals surface area contributed by atoms with Crippen molar-refractivity contribution in [2.24, 2.45) is 0 Å². The van der Waals surface area contributed by atoms with E-state index in [0.717, 1.165) is 36.9 Å². The molecule has 6 nitrogen and oxygen atoms in total. The minimum absolute atomic E-state index is 0.0361. The van der Waals surface area contributed by atoms with Crippen molar-refractivity contribution in [1.82, 2.24) is 4.57 Å². The minimum atomic E-state index is -0.434. The molecule has 0 unspecified atom stereocenters. The van der Waals surface area contributed by atoms with Crippen LogP contribution in [0.2, 0.25) is 0 Å². The van der Waals surface area contributed by atoms with E-state index in [1.54, 1.807) is 22.8 Å². The highest BCUT2D eigenvalue weighted by Gasteiger charge is 2.22. The molecule has 1 aliphatic carbocycles. The zero-order valence-corrected chi connectivity index (χ0v) is 12.1. The molecule has 114 valence electrons. The molecule has 1 aliphatic rings. The highest BCUT2D eigenvalue weighted by atomic mass is 16.6. The smallest absolute Gasteiger partial charge is 0.274 e. The predicted octanol–water partition coefficient (Wildman–Crippen LogP) is 3.12. The van der Waals surface area contributed by atoms with E-state index < -0.39 is 4.92 Å². The molecule has 22 heavy (non-hydrogen) atoms. The van der Waals surface area contributed by atoms with Gasteiger partial charge in [-0.05, 0) is 42.7 Å². The minimum Gasteiger partial charge on any atom is -0.394 e. The number of nitrogen functional groups attached to an aromatic ring is 1. The van der Waals surface area contributed by atoms with Gasteiger partial charge < -0.3 is 10.3 Å². The summed E-state index contributed by atoms with van der Waals surface area (Å²) in [7, 11) is 0. The summed E-state index contributed by atoms with van der Waals surface area (Å²) in [5.41, 5.74) is 7.42. The topological polar surface area (TPSA) is 91.2 Å². The Morgan fingerprint density at radius 2 is 1.73 bits per heavy atom. The van der Waals surface area contributed by atoms with E-state index in [2.05, 4.69) is 0 Å². The first-order valence-corrected chi connectivity index (χ1v) is 7.34. The summed E-state index contributed by atoms with van der Waals surface area (Å²) in [4.78, 5) is 22.8. The van der Waals surface area contributed by atoms with Gasteiger partial charge in [0.15, 0.2) is 0 Å². The molecule has 3 rings (SSSR count). The first-order chi connectivity index (χ1) is 10.6. The Hall–Kier alpha value is -2.63. The largest absolute Gasteiger partial charge is 0.394 e. The van der Waals surface area contributed by atoms with Gasteiger partial charge in [-0.25, -0.2) is 0 Å². The molecule has 1 aromatic carbocycles. The molecule has 1 heterocycles. The van der Waals surface area contributed by atoms with Crippen LogP contribution in [0.1, 0.15) is 31.7 Å². The van der Waals surface area contributed by atoms with Crippen LogP contribution in [-0.2, 0) is 0 Å². The van der Waals surface area contributed by atoms with Gasteiger partial charge in [0.05, 0.1) is 16.3 Å². The van der Waals surface area contributed by atoms with Crippen molar-refractivity contribution in [3.63, 3.8) is 0 Å². The highest BCUT2D eigenvalue weighted by molar-refractivity contribution is 5.63. The summed E-state index contributed by atoms with van der Waals surface area (Å²) in [6.45, 7) is 0. The molecule has 0 bridgehead atoms. The van der Waals surface area contributed by atoms with Crippen LogP contribution in [0, 0.1) is 10.1 Å². The number of hydrogen-bond acceptors (Lipinski definition) is 4. The molecule has 0 radical (unpaired) electrons. The Labute approximate surface area is 127 Å². The lowest BCUT2D eigenvalue weighted by Gasteiger charge is -2.19. The van der Waals surface area contributed by atoms with Gasteiger partial charge in [-0.15, -0.1) is 0 Å². The SMILES string of the molecule is Nc1ccc(-c2ccc([N+](=O)[O-])cc2)n(C2CCCC2)c1=O. The Balaban J connectivity index is 2.11. The van der Waals surface area contributed by atoms with Crippen LogP contribution >= 0.6 is 0 Å². The van der Waals surface area contributed by atoms with Crippen LogP contribution in [0.3, 0.4) is 0 Å². The van der Waals surface area contributed by atoms with Crippen molar-refractivity contribution in [3.8, 4) is 11.3 Å². The molecule has 0 saturated heterocycles. The number of nitrogens with two attached hydrogens (primary N) is 1. The number of nitro benzene ring substituents is 1. The maximum absolute atomic E-state index is 12.5. The van der Waals surface area contributed by atoms with Gasteiger partial charge in [0.2, 0.25) is 0 Å². The van der Waals surface area contributed by atoms with Crippen LogP contribution < -0.4 is 11.3 Å². The van der Waals surface area contributed by atoms with Gasteiger partial charge in [-0.3, -0.25) is 14.9 Å². The third-order valence-electron chi connectivity index (χ3n) is 4.21. The van der Waals surface area contributed by atoms with Crippen molar-refractivity contribution in [2.45, 2.75) is 31.7 Å². The molecular formula is C16H17N3O3. The van der Waals surface area contributed by atoms with Gasteiger partial charge in [0.1, 0.15) is 0 Å². The number of anilines is 1. The molecule has 0 amide bonds. The van der Waals surface area contributed by atoms with Gasteiger partial charge >= 0.3 is 0 Å². The number of benzene rings is 1. The van der Waals surface area contributed by atoms with E-state index in [-0.39, 0.29) is 23.0 Å². The second-order valence-electron chi connectivity index (χ2n) is 5.59. The van der Waals surface area contributed by atoms with Crippen molar-refractivity contribution in [3.05, 3.63) is 56.9 Å². The molecule has 0 aliphatic heterocycles. The first kappa shape index (κ1) is 14.3. The highest BCUT2D eigenvalue weighted by Crippen LogP contribution is 2.33. The fourth-order valence-electron chi connectivity index (χ4n) is 3.08. The average Bonchev–Trinajstić information content (AvgIpc) is 3.04. The Morgan fingerprint density at radius 3 is 2.32 bits per heavy atom. The van der Waals surface area contributed by atoms with E-state index >= 15 is 0 Å². The molecule has 2 aromatic rings. The first-order valence-electron chi connectivity index (χ1n) is 7.34. The zero-order valence-electron chi connectivity index (χ0n) is 12.1. The Bertz CT molecular complexity index is 759. The quantitative estimate of drug-likeness (QED) is 0.696. The van der Waals surface area contributed by atoms with Crippen molar-refractivity contribution < 1.29 is 4.92 Å². The number of non-ortho nitro benzene ring substituents is 1. The number of pyridine rings is 1. The van der Waals surface area contributed by atoms with Gasteiger partial charge in [-0.2, -0.15) is 0 Å². The number of nitrogens with zero attached hydrogens (tertiary/aromatic N) is 2. The molecular weight excluding hydrogens is 282 g/mol. The normalized spacial score (nSPS) is 15.1. The van der Waals surface area contributed by atoms with Gasteiger partial charge in [0, 0.05) is 18.2 Å². The lowest BCUT2D eigenvalue weighted by Crippen LogP contribution is -2.27. The third kappa shape index (κ3) is 2.47. The monoisotopic (exact) mass is 299 g/mol. The summed E-state index contributed by atoms with van der Waals surface area (Å²) in [6, 6.07) is 9.83. The number of hydrogen-bond donors (Lipinski definition) is 1. The van der Waals surface area contributed by atoms with Crippen LogP contribution in [0.15, 0.2) is 41.2 Å². The van der Waals surface area contributed by atoms with Gasteiger partial charge in [0.25, 0.3) is 11.2 Å². The maximum atomic E-state index is 12.5. The molecule has 1 aromatic heterocycles. The molecule has 0 spiro atoms. The lowest BCUT2D eigenvalue weighted by molar-refractivity contribution is -0.384. The number of nitro groups is 1. The third-order valence-corrected chi connectivity index (χ3v) is 4.21. The van der Waals surface area contributed by atoms with Crippen LogP contribution in [-0.4, -0.2) is 9.49 Å². The van der Waals surface area contributed by atoms with Crippen LogP contribution in [0.4, 0.5) is 11.4 Å². The summed E-state index contributed by atoms with van der Waals surface area (Å²) < 4.78 is 1.75. The summed E-state index contributed by atoms with van der Waals surface area (Å²) in [5, 5.41) is 10.8. The van der Waals surface area contributed by atoms with Crippen LogP contribution in [0.25, 0.3) is 11.3 Å². The molecule has 6 heteroatoms. The second-order valence-corrected chi connectivity index (χ2v) is 5.59. The fourth-order valence-corrected chi connectivity index (χ4v) is 3.08. The summed E-state index contributed by atoms with van der Waals surface area (Å²) in [5.74, 6) is 0. The molecule has 2 N–H and O–H groups in total. The standard InChI is InChI=1S/C16H17N3O3/c17-14-9-10-15(11-5-7-13(8-6-11)19(21)22)18(16(14)20)12-3-1-2-4-12/h5-10,12H,1-4,17H2. The Morgan fingerprint density at radius 1 is 1.09 bits per heavy atom. The predicted molar refractivity (Wildman–Crippen MR) is 84.7 cm³/mol.